The van der Waals surface area contributed by atoms with E-state index in [4.69, 9.17) is 5.26 Å². The van der Waals surface area contributed by atoms with Gasteiger partial charge in [-0.3, -0.25) is 14.4 Å². The third kappa shape index (κ3) is 3.66. The molecule has 3 aromatic rings. The van der Waals surface area contributed by atoms with Gasteiger partial charge in [0, 0.05) is 45.2 Å². The van der Waals surface area contributed by atoms with Crippen LogP contribution in [0.2, 0.25) is 0 Å². The van der Waals surface area contributed by atoms with Crippen molar-refractivity contribution in [2.24, 2.45) is 7.05 Å². The Morgan fingerprint density at radius 1 is 1.21 bits per heavy atom. The summed E-state index contributed by atoms with van der Waals surface area (Å²) in [5, 5.41) is 14.4. The SMILES string of the molecule is Cc1nn(C)c2sc(C(=O)N3CCCN(Cc4ccc(C#N)cc4)CC3)cc12. The summed E-state index contributed by atoms with van der Waals surface area (Å²) >= 11 is 1.53. The normalized spacial score (nSPS) is 15.5. The maximum absolute atomic E-state index is 13.0. The zero-order chi connectivity index (χ0) is 19.7. The molecule has 0 saturated carbocycles. The first-order valence-electron chi connectivity index (χ1n) is 9.49. The number of benzene rings is 1. The summed E-state index contributed by atoms with van der Waals surface area (Å²) < 4.78 is 1.86. The van der Waals surface area contributed by atoms with E-state index >= 15 is 0 Å². The first-order chi connectivity index (χ1) is 13.5. The largest absolute Gasteiger partial charge is 0.337 e. The number of nitriles is 1. The minimum atomic E-state index is 0.126. The van der Waals surface area contributed by atoms with Crippen molar-refractivity contribution in [1.29, 1.82) is 5.26 Å². The number of hydrogen-bond acceptors (Lipinski definition) is 5. The van der Waals surface area contributed by atoms with Crippen molar-refractivity contribution in [3.63, 3.8) is 0 Å². The first-order valence-corrected chi connectivity index (χ1v) is 10.3. The van der Waals surface area contributed by atoms with Gasteiger partial charge in [-0.05, 0) is 37.1 Å². The lowest BCUT2D eigenvalue weighted by Gasteiger charge is -2.21. The molecule has 0 atom stereocenters. The highest BCUT2D eigenvalue weighted by Gasteiger charge is 2.23. The van der Waals surface area contributed by atoms with Crippen molar-refractivity contribution in [1.82, 2.24) is 19.6 Å². The molecule has 3 heterocycles. The molecule has 1 saturated heterocycles. The summed E-state index contributed by atoms with van der Waals surface area (Å²) in [7, 11) is 1.92. The van der Waals surface area contributed by atoms with Crippen molar-refractivity contribution in [2.75, 3.05) is 26.2 Å². The summed E-state index contributed by atoms with van der Waals surface area (Å²) in [4.78, 5) is 19.2. The van der Waals surface area contributed by atoms with Crippen LogP contribution in [-0.2, 0) is 13.6 Å². The Bertz CT molecular complexity index is 1010. The van der Waals surface area contributed by atoms with Gasteiger partial charge in [0.15, 0.2) is 0 Å². The van der Waals surface area contributed by atoms with Crippen LogP contribution in [0.25, 0.3) is 10.2 Å². The molecule has 0 unspecified atom stereocenters. The van der Waals surface area contributed by atoms with Crippen LogP contribution < -0.4 is 0 Å². The summed E-state index contributed by atoms with van der Waals surface area (Å²) in [5.74, 6) is 0.126. The van der Waals surface area contributed by atoms with Crippen LogP contribution in [-0.4, -0.2) is 51.7 Å². The predicted molar refractivity (Wildman–Crippen MR) is 110 cm³/mol. The topological polar surface area (TPSA) is 65.2 Å². The summed E-state index contributed by atoms with van der Waals surface area (Å²) in [6, 6.07) is 11.9. The van der Waals surface area contributed by atoms with E-state index in [1.807, 2.05) is 53.9 Å². The molecule has 1 fully saturated rings. The average molecular weight is 394 g/mol. The number of hydrogen-bond donors (Lipinski definition) is 0. The van der Waals surface area contributed by atoms with Gasteiger partial charge >= 0.3 is 0 Å². The molecule has 1 aliphatic heterocycles. The van der Waals surface area contributed by atoms with E-state index in [0.29, 0.717) is 5.56 Å². The van der Waals surface area contributed by atoms with E-state index in [-0.39, 0.29) is 5.91 Å². The van der Waals surface area contributed by atoms with Gasteiger partial charge in [-0.25, -0.2) is 0 Å². The van der Waals surface area contributed by atoms with Gasteiger partial charge in [-0.1, -0.05) is 12.1 Å². The summed E-state index contributed by atoms with van der Waals surface area (Å²) in [6.45, 7) is 6.18. The van der Waals surface area contributed by atoms with Crippen LogP contribution in [0.15, 0.2) is 30.3 Å². The molecular weight excluding hydrogens is 370 g/mol. The number of nitrogens with zero attached hydrogens (tertiary/aromatic N) is 5. The molecule has 1 aliphatic rings. The first kappa shape index (κ1) is 18.7. The number of carbonyl (C=O) groups excluding carboxylic acids is 1. The van der Waals surface area contributed by atoms with Crippen molar-refractivity contribution in [3.8, 4) is 6.07 Å². The molecule has 144 valence electrons. The van der Waals surface area contributed by atoms with E-state index in [1.54, 1.807) is 0 Å². The van der Waals surface area contributed by atoms with Gasteiger partial charge in [-0.2, -0.15) is 10.4 Å². The van der Waals surface area contributed by atoms with Crippen molar-refractivity contribution in [3.05, 3.63) is 52.0 Å². The third-order valence-electron chi connectivity index (χ3n) is 5.27. The molecular formula is C21H23N5OS. The van der Waals surface area contributed by atoms with Crippen molar-refractivity contribution in [2.45, 2.75) is 19.9 Å². The highest BCUT2D eigenvalue weighted by atomic mass is 32.1. The highest BCUT2D eigenvalue weighted by Crippen LogP contribution is 2.28. The molecule has 0 aliphatic carbocycles. The number of carbonyl (C=O) groups is 1. The zero-order valence-electron chi connectivity index (χ0n) is 16.2. The van der Waals surface area contributed by atoms with Gasteiger partial charge in [0.25, 0.3) is 5.91 Å². The molecule has 6 nitrogen and oxygen atoms in total. The molecule has 28 heavy (non-hydrogen) atoms. The Balaban J connectivity index is 1.41. The smallest absolute Gasteiger partial charge is 0.264 e. The fraction of sp³-hybridized carbons (Fsp3) is 0.381. The second-order valence-corrected chi connectivity index (χ2v) is 8.30. The molecule has 7 heteroatoms. The lowest BCUT2D eigenvalue weighted by molar-refractivity contribution is 0.0766. The lowest BCUT2D eigenvalue weighted by Crippen LogP contribution is -2.34. The molecule has 1 aromatic carbocycles. The van der Waals surface area contributed by atoms with E-state index < -0.39 is 0 Å². The van der Waals surface area contributed by atoms with Crippen LogP contribution in [0.3, 0.4) is 0 Å². The van der Waals surface area contributed by atoms with Crippen LogP contribution in [0.1, 0.15) is 32.9 Å². The molecule has 1 amide bonds. The molecule has 4 rings (SSSR count). The van der Waals surface area contributed by atoms with E-state index in [0.717, 1.165) is 59.9 Å². The molecule has 0 radical (unpaired) electrons. The number of thiophene rings is 1. The summed E-state index contributed by atoms with van der Waals surface area (Å²) in [6.07, 6.45) is 0.966. The van der Waals surface area contributed by atoms with Gasteiger partial charge < -0.3 is 4.90 Å². The number of rotatable bonds is 3. The van der Waals surface area contributed by atoms with Crippen LogP contribution in [0, 0.1) is 18.3 Å². The van der Waals surface area contributed by atoms with Crippen LogP contribution in [0.4, 0.5) is 0 Å². The van der Waals surface area contributed by atoms with Gasteiger partial charge in [0.05, 0.1) is 22.2 Å². The van der Waals surface area contributed by atoms with Gasteiger partial charge in [-0.15, -0.1) is 11.3 Å². The van der Waals surface area contributed by atoms with Crippen LogP contribution >= 0.6 is 11.3 Å². The number of aromatic nitrogens is 2. The second-order valence-electron chi connectivity index (χ2n) is 7.27. The zero-order valence-corrected chi connectivity index (χ0v) is 17.0. The minimum Gasteiger partial charge on any atom is -0.337 e. The quantitative estimate of drug-likeness (QED) is 0.686. The van der Waals surface area contributed by atoms with E-state index in [1.165, 1.54) is 16.9 Å². The Hall–Kier alpha value is -2.69. The lowest BCUT2D eigenvalue weighted by atomic mass is 10.1. The van der Waals surface area contributed by atoms with Crippen LogP contribution in [0.5, 0.6) is 0 Å². The Morgan fingerprint density at radius 3 is 2.71 bits per heavy atom. The Labute approximate surface area is 168 Å². The number of fused-ring (bicyclic) bond motifs is 1. The number of amides is 1. The standard InChI is InChI=1S/C21H23N5OS/c1-15-18-12-19(28-21(18)24(2)23-15)20(27)26-9-3-8-25(10-11-26)14-17-6-4-16(13-22)5-7-17/h4-7,12H,3,8-11,14H2,1-2H3. The van der Waals surface area contributed by atoms with Crippen molar-refractivity contribution >= 4 is 27.5 Å². The average Bonchev–Trinajstić information content (AvgIpc) is 3.16. The van der Waals surface area contributed by atoms with E-state index in [9.17, 15) is 4.79 Å². The van der Waals surface area contributed by atoms with Gasteiger partial charge in [0.1, 0.15) is 4.83 Å². The molecule has 0 N–H and O–H groups in total. The Morgan fingerprint density at radius 2 is 2.00 bits per heavy atom. The predicted octanol–water partition coefficient (Wildman–Crippen LogP) is 3.16. The second kappa shape index (κ2) is 7.74. The fourth-order valence-corrected chi connectivity index (χ4v) is 4.83. The monoisotopic (exact) mass is 393 g/mol. The molecule has 0 bridgehead atoms. The minimum absolute atomic E-state index is 0.126. The maximum Gasteiger partial charge on any atom is 0.264 e. The third-order valence-corrected chi connectivity index (χ3v) is 6.46. The number of aryl methyl sites for hydroxylation is 2. The summed E-state index contributed by atoms with van der Waals surface area (Å²) in [5.41, 5.74) is 2.86. The van der Waals surface area contributed by atoms with Crippen molar-refractivity contribution < 1.29 is 4.79 Å². The van der Waals surface area contributed by atoms with E-state index in [2.05, 4.69) is 16.1 Å². The molecule has 0 spiro atoms. The fourth-order valence-electron chi connectivity index (χ4n) is 3.74. The Kier molecular flexibility index (Phi) is 5.16. The maximum atomic E-state index is 13.0. The van der Waals surface area contributed by atoms with Gasteiger partial charge in [0.2, 0.25) is 0 Å². The molecule has 2 aromatic heterocycles. The highest BCUT2D eigenvalue weighted by molar-refractivity contribution is 7.20.